The van der Waals surface area contributed by atoms with Gasteiger partial charge in [0.25, 0.3) is 0 Å². The van der Waals surface area contributed by atoms with Gasteiger partial charge in [-0.25, -0.2) is 9.97 Å². The predicted octanol–water partition coefficient (Wildman–Crippen LogP) is 2.00. The van der Waals surface area contributed by atoms with Crippen LogP contribution in [0.5, 0.6) is 0 Å². The largest absolute Gasteiger partial charge is 0.396 e. The number of nitrogens with zero attached hydrogens (tertiary/aromatic N) is 4. The topological polar surface area (TPSA) is 146 Å². The summed E-state index contributed by atoms with van der Waals surface area (Å²) in [5, 5.41) is 38.3. The maximum absolute atomic E-state index is 11.2. The first kappa shape index (κ1) is 23.7. The summed E-state index contributed by atoms with van der Waals surface area (Å²) in [7, 11) is 1.62. The Kier molecular flexibility index (Phi) is 6.78. The molecule has 1 fully saturated rings. The number of hydrogen-bond donors (Lipinski definition) is 5. The molecular formula is C22H30N6O4S. The van der Waals surface area contributed by atoms with Crippen molar-refractivity contribution in [2.45, 2.75) is 45.4 Å². The number of thiazole rings is 1. The molecule has 1 aliphatic carbocycles. The molecule has 0 radical (unpaired) electrons. The number of aryl methyl sites for hydroxylation is 3. The first-order valence-electron chi connectivity index (χ1n) is 10.9. The van der Waals surface area contributed by atoms with Gasteiger partial charge < -0.3 is 30.7 Å². The van der Waals surface area contributed by atoms with E-state index in [1.807, 2.05) is 26.8 Å². The number of aliphatic hydroxyl groups is 3. The molecule has 0 amide bonds. The summed E-state index contributed by atoms with van der Waals surface area (Å²) in [6.07, 6.45) is -0.374. The number of aliphatic hydroxyl groups excluding tert-OH is 2. The minimum Gasteiger partial charge on any atom is -0.396 e. The Morgan fingerprint density at radius 1 is 1.18 bits per heavy atom. The van der Waals surface area contributed by atoms with Gasteiger partial charge in [0, 0.05) is 31.9 Å². The molecule has 10 nitrogen and oxygen atoms in total. The summed E-state index contributed by atoms with van der Waals surface area (Å²) in [6.45, 7) is 6.53. The number of methoxy groups -OCH3 is 1. The molecule has 0 aliphatic heterocycles. The normalized spacial score (nSPS) is 22.8. The van der Waals surface area contributed by atoms with Crippen LogP contribution in [0.3, 0.4) is 0 Å². The number of pyridine rings is 1. The number of aromatic nitrogens is 4. The third-order valence-corrected chi connectivity index (χ3v) is 6.99. The lowest BCUT2D eigenvalue weighted by molar-refractivity contribution is -0.0545. The van der Waals surface area contributed by atoms with Gasteiger partial charge in [-0.05, 0) is 39.7 Å². The maximum atomic E-state index is 11.2. The quantitative estimate of drug-likeness (QED) is 0.243. The van der Waals surface area contributed by atoms with Crippen molar-refractivity contribution in [3.05, 3.63) is 23.1 Å². The Labute approximate surface area is 196 Å². The van der Waals surface area contributed by atoms with Crippen LogP contribution >= 0.6 is 11.3 Å². The molecule has 1 aliphatic rings. The molecule has 3 atom stereocenters. The van der Waals surface area contributed by atoms with Crippen molar-refractivity contribution in [3.63, 3.8) is 0 Å². The second-order valence-electron chi connectivity index (χ2n) is 8.47. The van der Waals surface area contributed by atoms with E-state index in [0.29, 0.717) is 47.6 Å². The minimum absolute atomic E-state index is 0.200. The molecule has 3 heterocycles. The van der Waals surface area contributed by atoms with E-state index in [9.17, 15) is 15.3 Å². The number of hydrogen-bond acceptors (Lipinski definition) is 11. The molecule has 1 saturated carbocycles. The lowest BCUT2D eigenvalue weighted by atomic mass is 10.0. The second-order valence-corrected chi connectivity index (χ2v) is 9.50. The highest BCUT2D eigenvalue weighted by Crippen LogP contribution is 2.41. The Morgan fingerprint density at radius 3 is 2.67 bits per heavy atom. The van der Waals surface area contributed by atoms with Crippen molar-refractivity contribution >= 4 is 33.3 Å². The standard InChI is InChI=1S/C22H30N6O4S/c1-11-9-15-17(13(3)24-11)26-20(33-15)16-12(2)25-21(23-7-8-32-4)27-19(16)28-22(31)6-5-14(10-29)18(22)30/h9,14,18,29-31H,5-8,10H2,1-4H3,(H2,23,25,27,28). The summed E-state index contributed by atoms with van der Waals surface area (Å²) in [6, 6.07) is 1.99. The molecule has 3 aromatic rings. The van der Waals surface area contributed by atoms with Gasteiger partial charge in [0.05, 0.1) is 28.3 Å². The summed E-state index contributed by atoms with van der Waals surface area (Å²) in [4.78, 5) is 18.5. The Balaban J connectivity index is 1.80. The van der Waals surface area contributed by atoms with Crippen molar-refractivity contribution in [1.82, 2.24) is 19.9 Å². The van der Waals surface area contributed by atoms with Gasteiger partial charge in [0.2, 0.25) is 5.95 Å². The zero-order valence-electron chi connectivity index (χ0n) is 19.2. The van der Waals surface area contributed by atoms with Crippen LogP contribution in [0.15, 0.2) is 6.07 Å². The van der Waals surface area contributed by atoms with E-state index in [0.717, 1.165) is 21.6 Å². The average molecular weight is 475 g/mol. The highest BCUT2D eigenvalue weighted by molar-refractivity contribution is 7.21. The van der Waals surface area contributed by atoms with Crippen molar-refractivity contribution < 1.29 is 20.1 Å². The van der Waals surface area contributed by atoms with Gasteiger partial charge >= 0.3 is 0 Å². The Morgan fingerprint density at radius 2 is 1.97 bits per heavy atom. The van der Waals surface area contributed by atoms with Crippen molar-refractivity contribution in [2.75, 3.05) is 37.5 Å². The molecule has 178 valence electrons. The minimum atomic E-state index is -1.63. The van der Waals surface area contributed by atoms with Crippen LogP contribution in [0.4, 0.5) is 11.8 Å². The van der Waals surface area contributed by atoms with E-state index in [2.05, 4.69) is 25.6 Å². The van der Waals surface area contributed by atoms with Gasteiger partial charge in [-0.1, -0.05) is 0 Å². The number of fused-ring (bicyclic) bond motifs is 1. The van der Waals surface area contributed by atoms with Gasteiger partial charge in [0.1, 0.15) is 22.4 Å². The maximum Gasteiger partial charge on any atom is 0.224 e. The number of nitrogens with one attached hydrogen (secondary N) is 2. The first-order valence-corrected chi connectivity index (χ1v) is 11.7. The van der Waals surface area contributed by atoms with E-state index in [1.54, 1.807) is 7.11 Å². The van der Waals surface area contributed by atoms with Crippen LogP contribution < -0.4 is 10.6 Å². The molecule has 4 rings (SSSR count). The van der Waals surface area contributed by atoms with Crippen molar-refractivity contribution in [2.24, 2.45) is 5.92 Å². The molecular weight excluding hydrogens is 444 g/mol. The van der Waals surface area contributed by atoms with E-state index in [4.69, 9.17) is 9.72 Å². The fraction of sp³-hybridized carbons (Fsp3) is 0.545. The van der Waals surface area contributed by atoms with E-state index in [1.165, 1.54) is 11.3 Å². The van der Waals surface area contributed by atoms with Crippen LogP contribution in [0.25, 0.3) is 20.8 Å². The van der Waals surface area contributed by atoms with Crippen LogP contribution in [0, 0.1) is 26.7 Å². The lowest BCUT2D eigenvalue weighted by Crippen LogP contribution is -2.48. The van der Waals surface area contributed by atoms with Gasteiger partial charge in [-0.15, -0.1) is 11.3 Å². The third kappa shape index (κ3) is 4.64. The Hall–Kier alpha value is -2.44. The lowest BCUT2D eigenvalue weighted by Gasteiger charge is -2.31. The SMILES string of the molecule is COCCNc1nc(C)c(-c2nc3c(C)nc(C)cc3s2)c(NC2(O)CCC(CO)C2O)n1. The fourth-order valence-electron chi connectivity index (χ4n) is 4.23. The predicted molar refractivity (Wildman–Crippen MR) is 127 cm³/mol. The molecule has 0 bridgehead atoms. The molecule has 11 heteroatoms. The highest BCUT2D eigenvalue weighted by Gasteiger charge is 2.47. The van der Waals surface area contributed by atoms with E-state index >= 15 is 0 Å². The van der Waals surface area contributed by atoms with Gasteiger partial charge in [-0.2, -0.15) is 4.98 Å². The first-order chi connectivity index (χ1) is 15.8. The van der Waals surface area contributed by atoms with Crippen LogP contribution in [-0.2, 0) is 4.74 Å². The van der Waals surface area contributed by atoms with Crippen molar-refractivity contribution in [1.29, 1.82) is 0 Å². The highest BCUT2D eigenvalue weighted by atomic mass is 32.1. The van der Waals surface area contributed by atoms with E-state index < -0.39 is 17.7 Å². The molecule has 5 N–H and O–H groups in total. The summed E-state index contributed by atoms with van der Waals surface area (Å²) >= 11 is 1.50. The zero-order chi connectivity index (χ0) is 23.8. The fourth-order valence-corrected chi connectivity index (χ4v) is 5.44. The van der Waals surface area contributed by atoms with Crippen LogP contribution in [0.2, 0.25) is 0 Å². The number of ether oxygens (including phenoxy) is 1. The van der Waals surface area contributed by atoms with Crippen LogP contribution in [-0.4, -0.2) is 74.0 Å². The number of rotatable bonds is 8. The average Bonchev–Trinajstić information content (AvgIpc) is 3.29. The molecule has 3 aromatic heterocycles. The van der Waals surface area contributed by atoms with E-state index in [-0.39, 0.29) is 13.0 Å². The summed E-state index contributed by atoms with van der Waals surface area (Å²) in [5.41, 5.74) is 2.26. The Bertz CT molecular complexity index is 1160. The van der Waals surface area contributed by atoms with Gasteiger partial charge in [0.15, 0.2) is 5.72 Å². The third-order valence-electron chi connectivity index (χ3n) is 5.97. The number of anilines is 2. The zero-order valence-corrected chi connectivity index (χ0v) is 20.0. The summed E-state index contributed by atoms with van der Waals surface area (Å²) in [5.74, 6) is 0.330. The summed E-state index contributed by atoms with van der Waals surface area (Å²) < 4.78 is 6.09. The smallest absolute Gasteiger partial charge is 0.224 e. The van der Waals surface area contributed by atoms with Crippen molar-refractivity contribution in [3.8, 4) is 10.6 Å². The van der Waals surface area contributed by atoms with Crippen LogP contribution in [0.1, 0.15) is 29.9 Å². The monoisotopic (exact) mass is 474 g/mol. The van der Waals surface area contributed by atoms with Gasteiger partial charge in [-0.3, -0.25) is 4.98 Å². The molecule has 0 spiro atoms. The second kappa shape index (κ2) is 9.43. The molecule has 33 heavy (non-hydrogen) atoms. The molecule has 0 aromatic carbocycles. The molecule has 0 saturated heterocycles. The molecule has 3 unspecified atom stereocenters.